The highest BCUT2D eigenvalue weighted by molar-refractivity contribution is 5.86. The van der Waals surface area contributed by atoms with E-state index in [9.17, 15) is 0 Å². The van der Waals surface area contributed by atoms with E-state index in [-0.39, 0.29) is 0 Å². The number of hydrogen-bond acceptors (Lipinski definition) is 4. The van der Waals surface area contributed by atoms with Gasteiger partial charge in [-0.25, -0.2) is 14.6 Å². The second-order valence-electron chi connectivity index (χ2n) is 5.32. The third-order valence-corrected chi connectivity index (χ3v) is 3.71. The number of benzene rings is 2. The van der Waals surface area contributed by atoms with Gasteiger partial charge < -0.3 is 5.73 Å². The average Bonchev–Trinajstić information content (AvgIpc) is 3.01. The van der Waals surface area contributed by atoms with Crippen molar-refractivity contribution in [2.45, 2.75) is 6.42 Å². The van der Waals surface area contributed by atoms with Crippen LogP contribution in [0.1, 0.15) is 11.4 Å². The third-order valence-electron chi connectivity index (χ3n) is 3.71. The van der Waals surface area contributed by atoms with E-state index < -0.39 is 0 Å². The molecule has 4 aromatic rings. The van der Waals surface area contributed by atoms with Gasteiger partial charge in [-0.3, -0.25) is 0 Å². The molecule has 0 spiro atoms. The lowest BCUT2D eigenvalue weighted by molar-refractivity contribution is 0.883. The van der Waals surface area contributed by atoms with Crippen molar-refractivity contribution in [2.75, 3.05) is 5.73 Å². The van der Waals surface area contributed by atoms with Gasteiger partial charge in [0, 0.05) is 6.42 Å². The first-order valence-corrected chi connectivity index (χ1v) is 7.41. The summed E-state index contributed by atoms with van der Waals surface area (Å²) in [4.78, 5) is 9.09. The van der Waals surface area contributed by atoms with Crippen LogP contribution in [-0.4, -0.2) is 19.7 Å². The second-order valence-corrected chi connectivity index (χ2v) is 5.32. The molecule has 5 nitrogen and oxygen atoms in total. The van der Waals surface area contributed by atoms with Gasteiger partial charge in [-0.2, -0.15) is 5.10 Å². The number of hydrogen-bond donors (Lipinski definition) is 1. The largest absolute Gasteiger partial charge is 0.383 e. The van der Waals surface area contributed by atoms with E-state index in [1.807, 2.05) is 48.5 Å². The first-order chi connectivity index (χ1) is 11.3. The van der Waals surface area contributed by atoms with E-state index in [1.165, 1.54) is 0 Å². The third kappa shape index (κ3) is 2.53. The molecule has 0 aliphatic rings. The van der Waals surface area contributed by atoms with E-state index in [1.54, 1.807) is 10.9 Å². The number of nitrogens with two attached hydrogens (primary N) is 1. The molecule has 0 saturated carbocycles. The minimum atomic E-state index is 0.461. The molecule has 0 unspecified atom stereocenters. The summed E-state index contributed by atoms with van der Waals surface area (Å²) in [5.74, 6) is 1.15. The van der Waals surface area contributed by atoms with Gasteiger partial charge in [0.2, 0.25) is 0 Å². The van der Waals surface area contributed by atoms with Crippen LogP contribution in [0.15, 0.2) is 66.9 Å². The number of fused-ring (bicyclic) bond motifs is 1. The van der Waals surface area contributed by atoms with Gasteiger partial charge in [0.15, 0.2) is 5.65 Å². The Hall–Kier alpha value is -3.21. The lowest BCUT2D eigenvalue weighted by atomic mass is 10.1. The van der Waals surface area contributed by atoms with Gasteiger partial charge in [-0.1, -0.05) is 48.5 Å². The van der Waals surface area contributed by atoms with Crippen molar-refractivity contribution in [3.8, 4) is 5.69 Å². The van der Waals surface area contributed by atoms with E-state index in [0.717, 1.165) is 22.3 Å². The molecule has 0 saturated heterocycles. The molecule has 0 bridgehead atoms. The van der Waals surface area contributed by atoms with Crippen LogP contribution in [0.25, 0.3) is 16.7 Å². The maximum absolute atomic E-state index is 6.10. The van der Waals surface area contributed by atoms with Crippen LogP contribution < -0.4 is 5.73 Å². The minimum Gasteiger partial charge on any atom is -0.383 e. The van der Waals surface area contributed by atoms with Gasteiger partial charge in [-0.15, -0.1) is 0 Å². The molecule has 2 aromatic heterocycles. The second kappa shape index (κ2) is 5.53. The Balaban J connectivity index is 1.82. The van der Waals surface area contributed by atoms with Crippen LogP contribution in [0.4, 0.5) is 5.82 Å². The molecule has 2 aromatic carbocycles. The van der Waals surface area contributed by atoms with Gasteiger partial charge in [0.05, 0.1) is 17.3 Å². The molecule has 0 aliphatic heterocycles. The summed E-state index contributed by atoms with van der Waals surface area (Å²) >= 11 is 0. The molecule has 0 aliphatic carbocycles. The zero-order valence-corrected chi connectivity index (χ0v) is 12.4. The van der Waals surface area contributed by atoms with Crippen molar-refractivity contribution in [3.05, 3.63) is 78.2 Å². The Morgan fingerprint density at radius 1 is 0.870 bits per heavy atom. The number of nitrogens with zero attached hydrogens (tertiary/aromatic N) is 4. The summed E-state index contributed by atoms with van der Waals surface area (Å²) in [6.45, 7) is 0. The van der Waals surface area contributed by atoms with Crippen LogP contribution in [-0.2, 0) is 6.42 Å². The van der Waals surface area contributed by atoms with E-state index >= 15 is 0 Å². The van der Waals surface area contributed by atoms with Crippen molar-refractivity contribution in [1.29, 1.82) is 0 Å². The van der Waals surface area contributed by atoms with Crippen LogP contribution in [0, 0.1) is 0 Å². The van der Waals surface area contributed by atoms with Gasteiger partial charge >= 0.3 is 0 Å². The number of anilines is 1. The van der Waals surface area contributed by atoms with Gasteiger partial charge in [-0.05, 0) is 17.7 Å². The lowest BCUT2D eigenvalue weighted by Gasteiger charge is -2.06. The van der Waals surface area contributed by atoms with Crippen LogP contribution in [0.3, 0.4) is 0 Å². The maximum Gasteiger partial charge on any atom is 0.168 e. The summed E-state index contributed by atoms with van der Waals surface area (Å²) in [5.41, 5.74) is 8.93. The predicted molar refractivity (Wildman–Crippen MR) is 90.3 cm³/mol. The molecule has 0 amide bonds. The Labute approximate surface area is 133 Å². The molecule has 2 heterocycles. The molecule has 23 heavy (non-hydrogen) atoms. The van der Waals surface area contributed by atoms with Crippen molar-refractivity contribution in [2.24, 2.45) is 0 Å². The zero-order chi connectivity index (χ0) is 15.6. The van der Waals surface area contributed by atoms with Crippen molar-refractivity contribution in [3.63, 3.8) is 0 Å². The summed E-state index contributed by atoms with van der Waals surface area (Å²) in [6.07, 6.45) is 2.35. The highest BCUT2D eigenvalue weighted by Gasteiger charge is 2.12. The molecule has 0 radical (unpaired) electrons. The highest BCUT2D eigenvalue weighted by atomic mass is 15.3. The Morgan fingerprint density at radius 3 is 2.30 bits per heavy atom. The fourth-order valence-corrected chi connectivity index (χ4v) is 2.59. The molecular weight excluding hydrogens is 286 g/mol. The quantitative estimate of drug-likeness (QED) is 0.631. The molecule has 0 fully saturated rings. The Bertz CT molecular complexity index is 945. The SMILES string of the molecule is Nc1nc(Cc2ccccc2)nc2c1cnn2-c1ccccc1. The topological polar surface area (TPSA) is 69.6 Å². The number of nitrogen functional groups attached to an aromatic ring is 1. The van der Waals surface area contributed by atoms with E-state index in [4.69, 9.17) is 5.73 Å². The van der Waals surface area contributed by atoms with Crippen LogP contribution >= 0.6 is 0 Å². The first-order valence-electron chi connectivity index (χ1n) is 7.41. The molecule has 5 heteroatoms. The number of aromatic nitrogens is 4. The Morgan fingerprint density at radius 2 is 1.57 bits per heavy atom. The average molecular weight is 301 g/mol. The first kappa shape index (κ1) is 13.5. The molecule has 4 rings (SSSR count). The van der Waals surface area contributed by atoms with Crippen molar-refractivity contribution >= 4 is 16.9 Å². The monoisotopic (exact) mass is 301 g/mol. The molecular formula is C18H15N5. The fraction of sp³-hybridized carbons (Fsp3) is 0.0556. The molecule has 112 valence electrons. The number of rotatable bonds is 3. The lowest BCUT2D eigenvalue weighted by Crippen LogP contribution is -2.04. The Kier molecular flexibility index (Phi) is 3.24. The normalized spacial score (nSPS) is 11.0. The maximum atomic E-state index is 6.10. The summed E-state index contributed by atoms with van der Waals surface area (Å²) in [6, 6.07) is 20.0. The fourth-order valence-electron chi connectivity index (χ4n) is 2.59. The van der Waals surface area contributed by atoms with Crippen molar-refractivity contribution in [1.82, 2.24) is 19.7 Å². The standard InChI is InChI=1S/C18H15N5/c19-17-15-12-20-23(14-9-5-2-6-10-14)18(15)22-16(21-17)11-13-7-3-1-4-8-13/h1-10,12H,11H2,(H2,19,21,22). The summed E-state index contributed by atoms with van der Waals surface area (Å²) in [5, 5.41) is 5.18. The minimum absolute atomic E-state index is 0.461. The highest BCUT2D eigenvalue weighted by Crippen LogP contribution is 2.21. The van der Waals surface area contributed by atoms with E-state index in [2.05, 4.69) is 27.2 Å². The zero-order valence-electron chi connectivity index (χ0n) is 12.4. The number of para-hydroxylation sites is 1. The molecule has 0 atom stereocenters. The predicted octanol–water partition coefficient (Wildman–Crippen LogP) is 2.99. The van der Waals surface area contributed by atoms with Crippen LogP contribution in [0.5, 0.6) is 0 Å². The van der Waals surface area contributed by atoms with Crippen molar-refractivity contribution < 1.29 is 0 Å². The van der Waals surface area contributed by atoms with E-state index in [0.29, 0.717) is 18.1 Å². The smallest absolute Gasteiger partial charge is 0.168 e. The summed E-state index contributed by atoms with van der Waals surface area (Å²) < 4.78 is 1.79. The van der Waals surface area contributed by atoms with Gasteiger partial charge in [0.25, 0.3) is 0 Å². The van der Waals surface area contributed by atoms with Crippen LogP contribution in [0.2, 0.25) is 0 Å². The summed E-state index contributed by atoms with van der Waals surface area (Å²) in [7, 11) is 0. The molecule has 2 N–H and O–H groups in total. The van der Waals surface area contributed by atoms with Gasteiger partial charge in [0.1, 0.15) is 11.6 Å².